The van der Waals surface area contributed by atoms with E-state index in [1.54, 1.807) is 7.11 Å². The number of amides is 2. The molecule has 0 saturated carbocycles. The van der Waals surface area contributed by atoms with Gasteiger partial charge >= 0.3 is 6.03 Å². The molecule has 0 fully saturated rings. The third-order valence-electron chi connectivity index (χ3n) is 4.94. The van der Waals surface area contributed by atoms with E-state index in [1.165, 1.54) is 17.5 Å². The van der Waals surface area contributed by atoms with Crippen molar-refractivity contribution >= 4 is 11.7 Å². The molecule has 0 aliphatic heterocycles. The smallest absolute Gasteiger partial charge is 0.319 e. The summed E-state index contributed by atoms with van der Waals surface area (Å²) in [7, 11) is 5.67. The number of nitrogens with one attached hydrogen (secondary N) is 2. The van der Waals surface area contributed by atoms with E-state index in [9.17, 15) is 4.79 Å². The van der Waals surface area contributed by atoms with Gasteiger partial charge in [0.15, 0.2) is 0 Å². The lowest BCUT2D eigenvalue weighted by molar-refractivity contribution is 0.243. The van der Waals surface area contributed by atoms with Crippen molar-refractivity contribution in [2.45, 2.75) is 25.3 Å². The second-order valence-corrected chi connectivity index (χ2v) is 6.92. The zero-order valence-electron chi connectivity index (χ0n) is 15.7. The Bertz CT molecular complexity index is 756. The number of fused-ring (bicyclic) bond motifs is 1. The standard InChI is InChI=1S/C21H27N3O2/c1-24(2)20(16-8-11-19(26-3)12-9-16)14-22-21(25)23-18-10-7-15-5-4-6-17(15)13-18/h7-13,20H,4-6,14H2,1-3H3,(H2,22,23,25). The summed E-state index contributed by atoms with van der Waals surface area (Å²) in [5.74, 6) is 0.827. The number of likely N-dealkylation sites (N-methyl/N-ethyl adjacent to an activating group) is 1. The highest BCUT2D eigenvalue weighted by Gasteiger charge is 2.16. The summed E-state index contributed by atoms with van der Waals surface area (Å²) in [5.41, 5.74) is 4.75. The van der Waals surface area contributed by atoms with Crippen LogP contribution in [0.1, 0.15) is 29.2 Å². The van der Waals surface area contributed by atoms with E-state index in [0.717, 1.165) is 29.8 Å². The van der Waals surface area contributed by atoms with Crippen molar-refractivity contribution in [3.8, 4) is 5.75 Å². The number of benzene rings is 2. The van der Waals surface area contributed by atoms with Crippen molar-refractivity contribution in [2.75, 3.05) is 33.1 Å². The third-order valence-corrected chi connectivity index (χ3v) is 4.94. The number of carbonyl (C=O) groups excluding carboxylic acids is 1. The molecule has 0 saturated heterocycles. The number of ether oxygens (including phenoxy) is 1. The molecule has 26 heavy (non-hydrogen) atoms. The molecule has 0 heterocycles. The molecule has 0 spiro atoms. The van der Waals surface area contributed by atoms with Gasteiger partial charge in [0.1, 0.15) is 5.75 Å². The van der Waals surface area contributed by atoms with Crippen molar-refractivity contribution in [1.29, 1.82) is 0 Å². The van der Waals surface area contributed by atoms with Crippen LogP contribution in [0.3, 0.4) is 0 Å². The van der Waals surface area contributed by atoms with E-state index in [0.29, 0.717) is 6.54 Å². The first-order valence-corrected chi connectivity index (χ1v) is 9.04. The van der Waals surface area contributed by atoms with Gasteiger partial charge in [0.2, 0.25) is 0 Å². The molecular weight excluding hydrogens is 326 g/mol. The predicted molar refractivity (Wildman–Crippen MR) is 105 cm³/mol. The zero-order chi connectivity index (χ0) is 18.5. The summed E-state index contributed by atoms with van der Waals surface area (Å²) >= 11 is 0. The van der Waals surface area contributed by atoms with E-state index in [-0.39, 0.29) is 12.1 Å². The first kappa shape index (κ1) is 18.3. The molecule has 5 nitrogen and oxygen atoms in total. The summed E-state index contributed by atoms with van der Waals surface area (Å²) < 4.78 is 5.21. The van der Waals surface area contributed by atoms with Crippen molar-refractivity contribution in [3.63, 3.8) is 0 Å². The van der Waals surface area contributed by atoms with Crippen LogP contribution in [0.4, 0.5) is 10.5 Å². The molecule has 5 heteroatoms. The number of methoxy groups -OCH3 is 1. The van der Waals surface area contributed by atoms with E-state index >= 15 is 0 Å². The topological polar surface area (TPSA) is 53.6 Å². The minimum Gasteiger partial charge on any atom is -0.497 e. The number of nitrogens with zero attached hydrogens (tertiary/aromatic N) is 1. The lowest BCUT2D eigenvalue weighted by atomic mass is 10.1. The average molecular weight is 353 g/mol. The molecule has 1 aliphatic carbocycles. The normalized spacial score (nSPS) is 14.0. The second-order valence-electron chi connectivity index (χ2n) is 6.92. The van der Waals surface area contributed by atoms with Crippen LogP contribution in [0.15, 0.2) is 42.5 Å². The van der Waals surface area contributed by atoms with Crippen LogP contribution < -0.4 is 15.4 Å². The molecule has 0 bridgehead atoms. The van der Waals surface area contributed by atoms with E-state index in [2.05, 4.69) is 27.7 Å². The fourth-order valence-corrected chi connectivity index (χ4v) is 3.44. The Balaban J connectivity index is 1.59. The lowest BCUT2D eigenvalue weighted by Gasteiger charge is -2.25. The molecular formula is C21H27N3O2. The Morgan fingerprint density at radius 1 is 1.12 bits per heavy atom. The molecule has 2 aromatic rings. The Morgan fingerprint density at radius 3 is 2.54 bits per heavy atom. The van der Waals surface area contributed by atoms with Gasteiger partial charge in [0, 0.05) is 12.2 Å². The molecule has 3 rings (SSSR count). The van der Waals surface area contributed by atoms with Gasteiger partial charge in [-0.05, 0) is 74.3 Å². The highest BCUT2D eigenvalue weighted by Crippen LogP contribution is 2.25. The molecule has 0 radical (unpaired) electrons. The number of carbonyl (C=O) groups is 1. The molecule has 2 amide bonds. The van der Waals surface area contributed by atoms with Gasteiger partial charge in [-0.1, -0.05) is 18.2 Å². The van der Waals surface area contributed by atoms with Gasteiger partial charge in [0.05, 0.1) is 13.2 Å². The molecule has 138 valence electrons. The Labute approximate surface area is 155 Å². The van der Waals surface area contributed by atoms with E-state index in [4.69, 9.17) is 4.74 Å². The highest BCUT2D eigenvalue weighted by atomic mass is 16.5. The monoisotopic (exact) mass is 353 g/mol. The summed E-state index contributed by atoms with van der Waals surface area (Å²) in [6.45, 7) is 0.524. The summed E-state index contributed by atoms with van der Waals surface area (Å²) in [4.78, 5) is 14.4. The maximum atomic E-state index is 12.3. The number of hydrogen-bond donors (Lipinski definition) is 2. The van der Waals surface area contributed by atoms with Gasteiger partial charge in [0.25, 0.3) is 0 Å². The van der Waals surface area contributed by atoms with Crippen LogP contribution in [-0.4, -0.2) is 38.7 Å². The fraction of sp³-hybridized carbons (Fsp3) is 0.381. The molecule has 1 atom stereocenters. The summed E-state index contributed by atoms with van der Waals surface area (Å²) in [6.07, 6.45) is 3.46. The Morgan fingerprint density at radius 2 is 1.85 bits per heavy atom. The quantitative estimate of drug-likeness (QED) is 0.834. The van der Waals surface area contributed by atoms with Crippen molar-refractivity contribution in [2.24, 2.45) is 0 Å². The van der Waals surface area contributed by atoms with E-state index < -0.39 is 0 Å². The summed E-state index contributed by atoms with van der Waals surface area (Å²) in [6, 6.07) is 14.1. The average Bonchev–Trinajstić information content (AvgIpc) is 3.10. The number of rotatable bonds is 6. The second kappa shape index (κ2) is 8.23. The van der Waals surface area contributed by atoms with Crippen molar-refractivity contribution < 1.29 is 9.53 Å². The van der Waals surface area contributed by atoms with Crippen LogP contribution in [-0.2, 0) is 12.8 Å². The number of urea groups is 1. The van der Waals surface area contributed by atoms with Crippen LogP contribution in [0.2, 0.25) is 0 Å². The third kappa shape index (κ3) is 4.35. The van der Waals surface area contributed by atoms with Gasteiger partial charge in [-0.2, -0.15) is 0 Å². The first-order chi connectivity index (χ1) is 12.6. The summed E-state index contributed by atoms with van der Waals surface area (Å²) in [5, 5.41) is 5.93. The highest BCUT2D eigenvalue weighted by molar-refractivity contribution is 5.89. The van der Waals surface area contributed by atoms with Crippen LogP contribution in [0.5, 0.6) is 5.75 Å². The minimum absolute atomic E-state index is 0.0895. The maximum Gasteiger partial charge on any atom is 0.319 e. The van der Waals surface area contributed by atoms with Gasteiger partial charge in [-0.15, -0.1) is 0 Å². The minimum atomic E-state index is -0.177. The largest absolute Gasteiger partial charge is 0.497 e. The van der Waals surface area contributed by atoms with Crippen molar-refractivity contribution in [1.82, 2.24) is 10.2 Å². The van der Waals surface area contributed by atoms with Crippen LogP contribution in [0, 0.1) is 0 Å². The molecule has 1 aliphatic rings. The zero-order valence-corrected chi connectivity index (χ0v) is 15.7. The predicted octanol–water partition coefficient (Wildman–Crippen LogP) is 3.61. The van der Waals surface area contributed by atoms with Gasteiger partial charge < -0.3 is 20.3 Å². The molecule has 2 aromatic carbocycles. The number of anilines is 1. The van der Waals surface area contributed by atoms with E-state index in [1.807, 2.05) is 44.4 Å². The Hall–Kier alpha value is -2.53. The number of hydrogen-bond acceptors (Lipinski definition) is 3. The SMILES string of the molecule is COc1ccc(C(CNC(=O)Nc2ccc3c(c2)CCC3)N(C)C)cc1. The molecule has 0 aromatic heterocycles. The Kier molecular flexibility index (Phi) is 5.78. The number of aryl methyl sites for hydroxylation is 2. The van der Waals surface area contributed by atoms with Crippen LogP contribution >= 0.6 is 0 Å². The van der Waals surface area contributed by atoms with Gasteiger partial charge in [-0.3, -0.25) is 0 Å². The molecule has 2 N–H and O–H groups in total. The first-order valence-electron chi connectivity index (χ1n) is 9.04. The maximum absolute atomic E-state index is 12.3. The van der Waals surface area contributed by atoms with Gasteiger partial charge in [-0.25, -0.2) is 4.79 Å². The van der Waals surface area contributed by atoms with Crippen LogP contribution in [0.25, 0.3) is 0 Å². The lowest BCUT2D eigenvalue weighted by Crippen LogP contribution is -2.36. The molecule has 1 unspecified atom stereocenters. The fourth-order valence-electron chi connectivity index (χ4n) is 3.44. The van der Waals surface area contributed by atoms with Crippen molar-refractivity contribution in [3.05, 3.63) is 59.2 Å².